The van der Waals surface area contributed by atoms with Gasteiger partial charge < -0.3 is 19.5 Å². The molecule has 8 heteroatoms. The number of hydrogen-bond acceptors (Lipinski definition) is 4. The number of amides is 1. The maximum absolute atomic E-state index is 14.4. The van der Waals surface area contributed by atoms with E-state index >= 15 is 0 Å². The van der Waals surface area contributed by atoms with Crippen molar-refractivity contribution < 1.29 is 18.3 Å². The number of aromatic nitrogens is 1. The van der Waals surface area contributed by atoms with E-state index in [9.17, 15) is 18.4 Å². The van der Waals surface area contributed by atoms with Gasteiger partial charge >= 0.3 is 0 Å². The van der Waals surface area contributed by atoms with Crippen LogP contribution in [-0.2, 0) is 29.5 Å². The lowest BCUT2D eigenvalue weighted by Crippen LogP contribution is -2.43. The number of pyridine rings is 1. The molecule has 2 fully saturated rings. The van der Waals surface area contributed by atoms with Crippen molar-refractivity contribution in [3.05, 3.63) is 69.6 Å². The Balaban J connectivity index is 0.000000343. The summed E-state index contributed by atoms with van der Waals surface area (Å²) in [6.07, 6.45) is 6.84. The van der Waals surface area contributed by atoms with Crippen molar-refractivity contribution >= 4 is 5.91 Å². The third-order valence-electron chi connectivity index (χ3n) is 6.24. The summed E-state index contributed by atoms with van der Waals surface area (Å²) in [6.45, 7) is 2.35. The van der Waals surface area contributed by atoms with E-state index in [0.29, 0.717) is 19.6 Å². The Morgan fingerprint density at radius 1 is 1.24 bits per heavy atom. The van der Waals surface area contributed by atoms with Crippen molar-refractivity contribution in [1.29, 1.82) is 0 Å². The number of carbonyl (C=O) groups excluding carboxylic acids is 1. The number of benzene rings is 1. The highest BCUT2D eigenvalue weighted by Crippen LogP contribution is 2.31. The predicted molar refractivity (Wildman–Crippen MR) is 127 cm³/mol. The zero-order valence-corrected chi connectivity index (χ0v) is 20.1. The van der Waals surface area contributed by atoms with Crippen LogP contribution in [-0.4, -0.2) is 48.2 Å². The van der Waals surface area contributed by atoms with Gasteiger partial charge in [0.15, 0.2) is 11.6 Å². The van der Waals surface area contributed by atoms with Crippen LogP contribution in [0.1, 0.15) is 43.2 Å². The first-order valence-electron chi connectivity index (χ1n) is 12.0. The maximum Gasteiger partial charge on any atom is 0.250 e. The third-order valence-corrected chi connectivity index (χ3v) is 6.24. The Morgan fingerprint density at radius 2 is 2.03 bits per heavy atom. The van der Waals surface area contributed by atoms with Crippen molar-refractivity contribution in [3.63, 3.8) is 0 Å². The van der Waals surface area contributed by atoms with Crippen molar-refractivity contribution in [3.8, 4) is 0 Å². The fourth-order valence-corrected chi connectivity index (χ4v) is 4.15. The molecular weight excluding hydrogens is 440 g/mol. The van der Waals surface area contributed by atoms with Crippen LogP contribution in [0.4, 0.5) is 8.78 Å². The maximum atomic E-state index is 14.4. The van der Waals surface area contributed by atoms with Crippen LogP contribution >= 0.6 is 0 Å². The minimum Gasteiger partial charge on any atom is -0.385 e. The monoisotopic (exact) mass is 475 g/mol. The topological polar surface area (TPSA) is 63.6 Å². The number of ether oxygens (including phenoxy) is 1. The molecule has 0 spiro atoms. The Morgan fingerprint density at radius 3 is 2.62 bits per heavy atom. The number of carbonyl (C=O) groups is 1. The summed E-state index contributed by atoms with van der Waals surface area (Å²) < 4.78 is 35.0. The second-order valence-electron chi connectivity index (χ2n) is 9.04. The lowest BCUT2D eigenvalue weighted by Gasteiger charge is -2.30. The van der Waals surface area contributed by atoms with Crippen LogP contribution in [0, 0.1) is 17.6 Å². The fourth-order valence-electron chi connectivity index (χ4n) is 4.15. The van der Waals surface area contributed by atoms with Gasteiger partial charge in [-0.15, -0.1) is 0 Å². The zero-order chi connectivity index (χ0) is 24.5. The van der Waals surface area contributed by atoms with Crippen LogP contribution in [0.3, 0.4) is 0 Å². The van der Waals surface area contributed by atoms with E-state index < -0.39 is 11.6 Å². The molecule has 1 amide bonds. The molecule has 186 valence electrons. The summed E-state index contributed by atoms with van der Waals surface area (Å²) in [7, 11) is 3.35. The minimum absolute atomic E-state index is 0.0347. The van der Waals surface area contributed by atoms with Crippen LogP contribution in [0.15, 0.2) is 41.3 Å². The van der Waals surface area contributed by atoms with Gasteiger partial charge in [-0.2, -0.15) is 0 Å². The van der Waals surface area contributed by atoms with Crippen LogP contribution in [0.5, 0.6) is 0 Å². The first-order valence-corrected chi connectivity index (χ1v) is 12.0. The van der Waals surface area contributed by atoms with Gasteiger partial charge in [-0.3, -0.25) is 9.59 Å². The average molecular weight is 476 g/mol. The summed E-state index contributed by atoms with van der Waals surface area (Å²) in [5, 5.41) is 3.26. The summed E-state index contributed by atoms with van der Waals surface area (Å²) in [5.74, 6) is -1.65. The predicted octanol–water partition coefficient (Wildman–Crippen LogP) is 3.42. The average Bonchev–Trinajstić information content (AvgIpc) is 3.68. The number of methoxy groups -OCH3 is 1. The number of rotatable bonds is 8. The summed E-state index contributed by atoms with van der Waals surface area (Å²) >= 11 is 0. The number of piperidine rings is 1. The highest BCUT2D eigenvalue weighted by molar-refractivity contribution is 5.80. The molecule has 0 bridgehead atoms. The van der Waals surface area contributed by atoms with E-state index in [2.05, 4.69) is 5.32 Å². The quantitative estimate of drug-likeness (QED) is 0.595. The summed E-state index contributed by atoms with van der Waals surface area (Å²) in [6, 6.07) is 8.20. The van der Waals surface area contributed by atoms with Gasteiger partial charge in [-0.05, 0) is 62.8 Å². The molecule has 34 heavy (non-hydrogen) atoms. The number of hydrogen-bond donors (Lipinski definition) is 1. The highest BCUT2D eigenvalue weighted by Gasteiger charge is 2.36. The van der Waals surface area contributed by atoms with Gasteiger partial charge in [0.1, 0.15) is 0 Å². The van der Waals surface area contributed by atoms with Gasteiger partial charge in [0, 0.05) is 57.7 Å². The molecule has 6 nitrogen and oxygen atoms in total. The largest absolute Gasteiger partial charge is 0.385 e. The lowest BCUT2D eigenvalue weighted by molar-refractivity contribution is -0.137. The third kappa shape index (κ3) is 7.46. The second-order valence-corrected chi connectivity index (χ2v) is 9.04. The highest BCUT2D eigenvalue weighted by atomic mass is 19.2. The molecule has 2 aromatic rings. The Hall–Kier alpha value is -2.58. The van der Waals surface area contributed by atoms with Gasteiger partial charge in [0.2, 0.25) is 11.5 Å². The zero-order valence-electron chi connectivity index (χ0n) is 20.1. The van der Waals surface area contributed by atoms with E-state index in [1.807, 2.05) is 6.07 Å². The number of nitrogens with one attached hydrogen (secondary N) is 1. The van der Waals surface area contributed by atoms with Gasteiger partial charge in [-0.1, -0.05) is 12.1 Å². The van der Waals surface area contributed by atoms with Crippen LogP contribution in [0.2, 0.25) is 0 Å². The summed E-state index contributed by atoms with van der Waals surface area (Å²) in [5.41, 5.74) is 1.06. The molecular formula is C26H35F2N3O3. The van der Waals surface area contributed by atoms with E-state index in [0.717, 1.165) is 44.2 Å². The molecule has 1 saturated carbocycles. The molecule has 1 unspecified atom stereocenters. The first-order chi connectivity index (χ1) is 16.4. The fraction of sp³-hybridized carbons (Fsp3) is 0.538. The van der Waals surface area contributed by atoms with E-state index in [4.69, 9.17) is 4.74 Å². The van der Waals surface area contributed by atoms with Crippen molar-refractivity contribution in [2.75, 3.05) is 26.8 Å². The molecule has 1 atom stereocenters. The van der Waals surface area contributed by atoms with Crippen molar-refractivity contribution in [1.82, 2.24) is 14.8 Å². The molecule has 2 aliphatic rings. The van der Waals surface area contributed by atoms with Gasteiger partial charge in [-0.25, -0.2) is 8.78 Å². The number of aryl methyl sites for hydroxylation is 2. The Kier molecular flexibility index (Phi) is 9.77. The molecule has 0 radical (unpaired) electrons. The number of nitrogens with zero attached hydrogens (tertiary/aromatic N) is 2. The van der Waals surface area contributed by atoms with E-state index in [1.54, 1.807) is 37.4 Å². The molecule has 1 aromatic heterocycles. The van der Waals surface area contributed by atoms with E-state index in [-0.39, 0.29) is 35.5 Å². The standard InChI is InChI=1S/C20H28F2N2O2.C6H7NO/c1-26-9-3-4-14-10-16(19(22)18(21)11-14)13-24(17-6-7-17)20(25)15-5-2-8-23-12-15;1-7-5-3-2-4-6(7)8/h10-11,15,17,23H,2-9,12-13H2,1H3;2-5H,1H3. The molecule has 2 heterocycles. The lowest BCUT2D eigenvalue weighted by atomic mass is 9.97. The Labute approximate surface area is 199 Å². The van der Waals surface area contributed by atoms with Crippen LogP contribution < -0.4 is 10.9 Å². The van der Waals surface area contributed by atoms with Gasteiger partial charge in [0.25, 0.3) is 0 Å². The SMILES string of the molecule is COCCCc1cc(F)c(F)c(CN(C(=O)C2CCCNC2)C2CC2)c1.Cn1ccccc1=O. The van der Waals surface area contributed by atoms with Crippen molar-refractivity contribution in [2.24, 2.45) is 13.0 Å². The Bertz CT molecular complexity index is 1000. The van der Waals surface area contributed by atoms with E-state index in [1.165, 1.54) is 16.7 Å². The van der Waals surface area contributed by atoms with Crippen LogP contribution in [0.25, 0.3) is 0 Å². The van der Waals surface area contributed by atoms with Crippen molar-refractivity contribution in [2.45, 2.75) is 51.1 Å². The molecule has 1 aliphatic heterocycles. The molecule has 4 rings (SSSR count). The molecule has 1 saturated heterocycles. The summed E-state index contributed by atoms with van der Waals surface area (Å²) in [4.78, 5) is 25.3. The van der Waals surface area contributed by atoms with Gasteiger partial charge in [0.05, 0.1) is 5.92 Å². The smallest absolute Gasteiger partial charge is 0.250 e. The molecule has 1 aliphatic carbocycles. The normalized spacial score (nSPS) is 17.6. The number of halogens is 2. The molecule has 1 aromatic carbocycles. The minimum atomic E-state index is -0.836. The first kappa shape index (κ1) is 26.0. The second kappa shape index (κ2) is 12.8. The molecule has 1 N–H and O–H groups in total.